The average Bonchev–Trinajstić information content (AvgIpc) is 4.43. The van der Waals surface area contributed by atoms with Crippen molar-refractivity contribution in [2.75, 3.05) is 9.80 Å². The predicted octanol–water partition coefficient (Wildman–Crippen LogP) is 18.6. The van der Waals surface area contributed by atoms with E-state index in [0.717, 1.165) is 117 Å². The van der Waals surface area contributed by atoms with Gasteiger partial charge in [-0.2, -0.15) is 0 Å². The molecular formula is C70H51BN2O3S. The Morgan fingerprint density at radius 3 is 1.51 bits per heavy atom. The Balaban J connectivity index is 1.06. The Hall–Kier alpha value is -8.78. The first kappa shape index (κ1) is 44.5. The fraction of sp³-hybridized carbons (Fsp3) is 0.114. The minimum absolute atomic E-state index is 0.0195. The molecule has 0 unspecified atom stereocenters. The summed E-state index contributed by atoms with van der Waals surface area (Å²) in [5.74, 6) is 0. The summed E-state index contributed by atoms with van der Waals surface area (Å²) in [6, 6.07) is 73.5. The van der Waals surface area contributed by atoms with Crippen LogP contribution in [0, 0.1) is 0 Å². The number of para-hydroxylation sites is 6. The Kier molecular flexibility index (Phi) is 9.18. The first-order chi connectivity index (χ1) is 37.4. The molecule has 7 heteroatoms. The lowest BCUT2D eigenvalue weighted by atomic mass is 9.36. The van der Waals surface area contributed by atoms with Crippen LogP contribution in [0.15, 0.2) is 213 Å². The van der Waals surface area contributed by atoms with E-state index < -0.39 is 0 Å². The molecule has 16 rings (SSSR count). The molecule has 0 amide bonds. The van der Waals surface area contributed by atoms with Gasteiger partial charge in [-0.15, -0.1) is 11.3 Å². The zero-order valence-electron chi connectivity index (χ0n) is 43.7. The highest BCUT2D eigenvalue weighted by Gasteiger charge is 2.46. The summed E-state index contributed by atoms with van der Waals surface area (Å²) in [5.41, 5.74) is 21.0. The van der Waals surface area contributed by atoms with Crippen molar-refractivity contribution in [3.05, 3.63) is 211 Å². The van der Waals surface area contributed by atoms with Crippen molar-refractivity contribution >= 4 is 144 Å². The van der Waals surface area contributed by atoms with Crippen LogP contribution in [-0.2, 0) is 10.8 Å². The molecule has 0 radical (unpaired) electrons. The molecule has 6 heterocycles. The third kappa shape index (κ3) is 6.47. The lowest BCUT2D eigenvalue weighted by molar-refractivity contribution is 0.590. The molecule has 0 spiro atoms. The summed E-state index contributed by atoms with van der Waals surface area (Å²) in [6.07, 6.45) is 0. The van der Waals surface area contributed by atoms with Gasteiger partial charge in [-0.05, 0) is 111 Å². The van der Waals surface area contributed by atoms with Gasteiger partial charge in [0.2, 0.25) is 0 Å². The molecule has 14 aromatic rings. The standard InChI is InChI=1S/C70H51BN2O3S/c1-69(2,3)42-29-32-44(33-30-42)72-57-37-41(46-20-14-22-51-48-17-8-11-26-60(48)75-66(46)51)38-58-63(57)71(68-64(72)53-39-43(70(4,5)6)31-35-62(53)77-68)54-34-28-40(45-19-13-21-50-47-16-7-10-25-59(47)74-65(45)50)36-56(54)73(58)55-24-15-23-52-49-18-9-12-27-61(49)76-67(52)55/h7-39H,1-6H3. The molecule has 0 fully saturated rings. The van der Waals surface area contributed by atoms with Crippen LogP contribution in [0.5, 0.6) is 0 Å². The van der Waals surface area contributed by atoms with E-state index in [1.165, 1.54) is 42.6 Å². The van der Waals surface area contributed by atoms with Crippen LogP contribution in [0.1, 0.15) is 52.7 Å². The third-order valence-corrected chi connectivity index (χ3v) is 17.8. The number of fused-ring (bicyclic) bond motifs is 15. The van der Waals surface area contributed by atoms with Crippen LogP contribution in [0.25, 0.3) is 98.2 Å². The van der Waals surface area contributed by atoms with Crippen molar-refractivity contribution in [3.63, 3.8) is 0 Å². The van der Waals surface area contributed by atoms with Crippen molar-refractivity contribution in [2.45, 2.75) is 52.4 Å². The highest BCUT2D eigenvalue weighted by Crippen LogP contribution is 2.53. The molecule has 0 N–H and O–H groups in total. The molecule has 5 nitrogen and oxygen atoms in total. The van der Waals surface area contributed by atoms with E-state index in [0.29, 0.717) is 0 Å². The van der Waals surface area contributed by atoms with Gasteiger partial charge in [0, 0.05) is 81.1 Å². The molecule has 368 valence electrons. The quantitative estimate of drug-likeness (QED) is 0.164. The lowest BCUT2D eigenvalue weighted by Crippen LogP contribution is -2.60. The predicted molar refractivity (Wildman–Crippen MR) is 326 cm³/mol. The summed E-state index contributed by atoms with van der Waals surface area (Å²) in [4.78, 5) is 5.10. The smallest absolute Gasteiger partial charge is 0.264 e. The molecule has 2 aliphatic heterocycles. The monoisotopic (exact) mass is 1010 g/mol. The summed E-state index contributed by atoms with van der Waals surface area (Å²) in [5, 5.41) is 7.84. The summed E-state index contributed by atoms with van der Waals surface area (Å²) in [6.45, 7) is 13.7. The molecule has 4 aromatic heterocycles. The van der Waals surface area contributed by atoms with Gasteiger partial charge < -0.3 is 23.1 Å². The number of hydrogen-bond donors (Lipinski definition) is 0. The Labute approximate surface area is 450 Å². The molecule has 0 aliphatic carbocycles. The molecule has 0 saturated carbocycles. The number of rotatable bonds is 4. The van der Waals surface area contributed by atoms with E-state index in [1.54, 1.807) is 0 Å². The second-order valence-electron chi connectivity index (χ2n) is 23.2. The maximum atomic E-state index is 7.06. The van der Waals surface area contributed by atoms with Crippen LogP contribution in [-0.4, -0.2) is 6.71 Å². The Morgan fingerprint density at radius 2 is 0.896 bits per heavy atom. The van der Waals surface area contributed by atoms with Crippen molar-refractivity contribution in [2.24, 2.45) is 0 Å². The van der Waals surface area contributed by atoms with Gasteiger partial charge in [0.1, 0.15) is 27.9 Å². The van der Waals surface area contributed by atoms with E-state index in [-0.39, 0.29) is 17.5 Å². The molecule has 0 bridgehead atoms. The van der Waals surface area contributed by atoms with E-state index in [1.807, 2.05) is 17.4 Å². The normalized spacial score (nSPS) is 13.5. The molecule has 10 aromatic carbocycles. The van der Waals surface area contributed by atoms with Gasteiger partial charge in [-0.25, -0.2) is 0 Å². The van der Waals surface area contributed by atoms with Crippen molar-refractivity contribution in [3.8, 4) is 22.3 Å². The van der Waals surface area contributed by atoms with Crippen LogP contribution >= 0.6 is 11.3 Å². The van der Waals surface area contributed by atoms with Gasteiger partial charge in [-0.1, -0.05) is 175 Å². The Bertz CT molecular complexity index is 4810. The minimum atomic E-state index is -0.121. The van der Waals surface area contributed by atoms with Crippen LogP contribution in [0.2, 0.25) is 0 Å². The number of anilines is 6. The van der Waals surface area contributed by atoms with Crippen molar-refractivity contribution < 1.29 is 13.3 Å². The van der Waals surface area contributed by atoms with E-state index in [2.05, 4.69) is 245 Å². The van der Waals surface area contributed by atoms with Crippen LogP contribution in [0.3, 0.4) is 0 Å². The molecule has 2 aliphatic rings. The van der Waals surface area contributed by atoms with Gasteiger partial charge in [0.05, 0.1) is 11.4 Å². The SMILES string of the molecule is CC(C)(C)c1ccc(N2c3cc(-c4cccc5c4oc4ccccc45)cc4c3B(c3ccc(-c5cccc6c5oc5ccccc56)cc3N4c3cccc4c3oc3ccccc34)c3sc4ccc(C(C)(C)C)cc4c32)cc1. The second-order valence-corrected chi connectivity index (χ2v) is 24.3. The number of hydrogen-bond acceptors (Lipinski definition) is 6. The first-order valence-electron chi connectivity index (χ1n) is 26.8. The van der Waals surface area contributed by atoms with Gasteiger partial charge >= 0.3 is 0 Å². The number of thiophene rings is 1. The molecule has 0 atom stereocenters. The lowest BCUT2D eigenvalue weighted by Gasteiger charge is -2.43. The maximum Gasteiger partial charge on any atom is 0.264 e. The third-order valence-electron chi connectivity index (χ3n) is 16.6. The summed E-state index contributed by atoms with van der Waals surface area (Å²) in [7, 11) is 0. The zero-order valence-corrected chi connectivity index (χ0v) is 44.5. The summed E-state index contributed by atoms with van der Waals surface area (Å²) >= 11 is 1.93. The highest BCUT2D eigenvalue weighted by atomic mass is 32.1. The Morgan fingerprint density at radius 1 is 0.390 bits per heavy atom. The van der Waals surface area contributed by atoms with Crippen molar-refractivity contribution in [1.29, 1.82) is 0 Å². The average molecular weight is 1010 g/mol. The van der Waals surface area contributed by atoms with Crippen LogP contribution < -0.4 is 25.5 Å². The highest BCUT2D eigenvalue weighted by molar-refractivity contribution is 7.33. The van der Waals surface area contributed by atoms with E-state index in [9.17, 15) is 0 Å². The fourth-order valence-electron chi connectivity index (χ4n) is 12.8. The van der Waals surface area contributed by atoms with Gasteiger partial charge in [0.15, 0.2) is 5.58 Å². The zero-order chi connectivity index (χ0) is 51.6. The minimum Gasteiger partial charge on any atom is -0.455 e. The summed E-state index contributed by atoms with van der Waals surface area (Å²) < 4.78 is 23.4. The van der Waals surface area contributed by atoms with E-state index in [4.69, 9.17) is 13.3 Å². The first-order valence-corrected chi connectivity index (χ1v) is 27.6. The van der Waals surface area contributed by atoms with Gasteiger partial charge in [-0.3, -0.25) is 0 Å². The fourth-order valence-corrected chi connectivity index (χ4v) is 14.1. The molecule has 0 saturated heterocycles. The maximum absolute atomic E-state index is 7.06. The van der Waals surface area contributed by atoms with E-state index >= 15 is 0 Å². The van der Waals surface area contributed by atoms with Gasteiger partial charge in [0.25, 0.3) is 6.71 Å². The number of benzene rings is 10. The largest absolute Gasteiger partial charge is 0.455 e. The van der Waals surface area contributed by atoms with Crippen LogP contribution in [0.4, 0.5) is 34.1 Å². The number of furan rings is 3. The molecular weight excluding hydrogens is 960 g/mol. The second kappa shape index (κ2) is 15.9. The number of nitrogens with zero attached hydrogens (tertiary/aromatic N) is 2. The van der Waals surface area contributed by atoms with Crippen molar-refractivity contribution in [1.82, 2.24) is 0 Å². The topological polar surface area (TPSA) is 45.9 Å². The molecule has 77 heavy (non-hydrogen) atoms.